The number of fused-ring (bicyclic) bond motifs is 1. The van der Waals surface area contributed by atoms with E-state index >= 15 is 0 Å². The summed E-state index contributed by atoms with van der Waals surface area (Å²) in [5, 5.41) is 20.0. The zero-order valence-electron chi connectivity index (χ0n) is 12.6. The Morgan fingerprint density at radius 2 is 1.83 bits per heavy atom. The molecule has 3 aromatic rings. The summed E-state index contributed by atoms with van der Waals surface area (Å²) in [6.45, 7) is 3.82. The van der Waals surface area contributed by atoms with Gasteiger partial charge in [-0.25, -0.2) is 0 Å². The second kappa shape index (κ2) is 5.63. The fourth-order valence-corrected chi connectivity index (χ4v) is 2.66. The minimum absolute atomic E-state index is 0.0345. The van der Waals surface area contributed by atoms with Crippen molar-refractivity contribution in [2.24, 2.45) is 0 Å². The number of benzene rings is 2. The van der Waals surface area contributed by atoms with Gasteiger partial charge in [0.1, 0.15) is 22.8 Å². The predicted octanol–water partition coefficient (Wildman–Crippen LogP) is 4.65. The number of phenolic OH excluding ortho intramolecular Hbond substituents is 2. The summed E-state index contributed by atoms with van der Waals surface area (Å²) in [6, 6.07) is 9.05. The van der Waals surface area contributed by atoms with Gasteiger partial charge < -0.3 is 14.6 Å². The first-order chi connectivity index (χ1) is 10.9. The highest BCUT2D eigenvalue weighted by Gasteiger charge is 2.19. The van der Waals surface area contributed by atoms with E-state index < -0.39 is 0 Å². The lowest BCUT2D eigenvalue weighted by molar-refractivity contribution is 0.470. The van der Waals surface area contributed by atoms with E-state index in [0.29, 0.717) is 27.9 Å². The number of aromatic hydroxyl groups is 2. The van der Waals surface area contributed by atoms with Crippen molar-refractivity contribution < 1.29 is 14.6 Å². The molecule has 0 fully saturated rings. The van der Waals surface area contributed by atoms with Gasteiger partial charge in [-0.05, 0) is 29.8 Å². The van der Waals surface area contributed by atoms with E-state index in [1.165, 1.54) is 30.3 Å². The number of hydrogen-bond acceptors (Lipinski definition) is 4. The summed E-state index contributed by atoms with van der Waals surface area (Å²) in [6.07, 6.45) is 0. The largest absolute Gasteiger partial charge is 0.508 e. The van der Waals surface area contributed by atoms with E-state index in [2.05, 4.69) is 0 Å². The van der Waals surface area contributed by atoms with Crippen LogP contribution >= 0.6 is 11.6 Å². The van der Waals surface area contributed by atoms with E-state index in [4.69, 9.17) is 16.0 Å². The Morgan fingerprint density at radius 1 is 1.09 bits per heavy atom. The SMILES string of the molecule is CC(C)c1oc2cc(O)ccc2c(=O)c1-c1ccc(Cl)c(O)c1. The quantitative estimate of drug-likeness (QED) is 0.717. The lowest BCUT2D eigenvalue weighted by atomic mass is 9.97. The van der Waals surface area contributed by atoms with Crippen LogP contribution in [0.1, 0.15) is 25.5 Å². The summed E-state index contributed by atoms with van der Waals surface area (Å²) >= 11 is 5.84. The molecule has 0 spiro atoms. The van der Waals surface area contributed by atoms with Gasteiger partial charge in [-0.1, -0.05) is 31.5 Å². The number of halogens is 1. The molecule has 0 aliphatic carbocycles. The molecular weight excluding hydrogens is 316 g/mol. The van der Waals surface area contributed by atoms with Gasteiger partial charge >= 0.3 is 0 Å². The molecule has 0 aliphatic rings. The fraction of sp³-hybridized carbons (Fsp3) is 0.167. The topological polar surface area (TPSA) is 70.7 Å². The number of hydrogen-bond donors (Lipinski definition) is 2. The van der Waals surface area contributed by atoms with Gasteiger partial charge in [-0.3, -0.25) is 4.79 Å². The maximum Gasteiger partial charge on any atom is 0.200 e. The minimum Gasteiger partial charge on any atom is -0.508 e. The first-order valence-electron chi connectivity index (χ1n) is 7.17. The molecule has 2 N–H and O–H groups in total. The molecule has 2 aromatic carbocycles. The molecule has 0 atom stereocenters. The summed E-state index contributed by atoms with van der Waals surface area (Å²) in [5.74, 6) is 0.383. The van der Waals surface area contributed by atoms with Crippen LogP contribution in [-0.2, 0) is 0 Å². The zero-order chi connectivity index (χ0) is 16.7. The van der Waals surface area contributed by atoms with Crippen LogP contribution < -0.4 is 5.43 Å². The summed E-state index contributed by atoms with van der Waals surface area (Å²) in [5.41, 5.74) is 1.06. The van der Waals surface area contributed by atoms with Crippen LogP contribution in [0.4, 0.5) is 0 Å². The van der Waals surface area contributed by atoms with E-state index in [1.807, 2.05) is 13.8 Å². The Kier molecular flexibility index (Phi) is 3.78. The maximum atomic E-state index is 12.9. The average molecular weight is 331 g/mol. The summed E-state index contributed by atoms with van der Waals surface area (Å²) in [7, 11) is 0. The molecule has 0 amide bonds. The molecule has 23 heavy (non-hydrogen) atoms. The smallest absolute Gasteiger partial charge is 0.200 e. The van der Waals surface area contributed by atoms with Crippen LogP contribution in [0.2, 0.25) is 5.02 Å². The van der Waals surface area contributed by atoms with Crippen LogP contribution in [0.3, 0.4) is 0 Å². The molecule has 0 bridgehead atoms. The van der Waals surface area contributed by atoms with Crippen molar-refractivity contribution in [2.45, 2.75) is 19.8 Å². The maximum absolute atomic E-state index is 12.9. The fourth-order valence-electron chi connectivity index (χ4n) is 2.55. The molecular formula is C18H15ClO4. The Hall–Kier alpha value is -2.46. The van der Waals surface area contributed by atoms with Gasteiger partial charge in [0.25, 0.3) is 0 Å². The van der Waals surface area contributed by atoms with Gasteiger partial charge in [0.05, 0.1) is 16.0 Å². The van der Waals surface area contributed by atoms with Gasteiger partial charge in [0, 0.05) is 12.0 Å². The molecule has 1 aromatic heterocycles. The number of phenols is 2. The molecule has 1 heterocycles. The normalized spacial score (nSPS) is 11.3. The number of rotatable bonds is 2. The van der Waals surface area contributed by atoms with E-state index in [9.17, 15) is 15.0 Å². The average Bonchev–Trinajstić information content (AvgIpc) is 2.49. The van der Waals surface area contributed by atoms with Crippen molar-refractivity contribution in [3.63, 3.8) is 0 Å². The molecule has 0 saturated carbocycles. The van der Waals surface area contributed by atoms with Crippen LogP contribution in [0.25, 0.3) is 22.1 Å². The van der Waals surface area contributed by atoms with Crippen molar-refractivity contribution in [3.05, 3.63) is 57.4 Å². The Balaban J connectivity index is 2.40. The van der Waals surface area contributed by atoms with E-state index in [-0.39, 0.29) is 27.9 Å². The Labute approximate surface area is 137 Å². The lowest BCUT2D eigenvalue weighted by Crippen LogP contribution is -2.10. The molecule has 0 unspecified atom stereocenters. The Bertz CT molecular complexity index is 957. The first-order valence-corrected chi connectivity index (χ1v) is 7.55. The highest BCUT2D eigenvalue weighted by Crippen LogP contribution is 2.34. The van der Waals surface area contributed by atoms with Crippen molar-refractivity contribution in [2.75, 3.05) is 0 Å². The van der Waals surface area contributed by atoms with Gasteiger partial charge in [-0.15, -0.1) is 0 Å². The van der Waals surface area contributed by atoms with Gasteiger partial charge in [0.2, 0.25) is 5.43 Å². The van der Waals surface area contributed by atoms with Crippen molar-refractivity contribution in [1.82, 2.24) is 0 Å². The van der Waals surface area contributed by atoms with Crippen molar-refractivity contribution >= 4 is 22.6 Å². The molecule has 5 heteroatoms. The second-order valence-electron chi connectivity index (χ2n) is 5.67. The molecule has 0 aliphatic heterocycles. The van der Waals surface area contributed by atoms with Crippen LogP contribution in [0, 0.1) is 0 Å². The first kappa shape index (κ1) is 15.4. The second-order valence-corrected chi connectivity index (χ2v) is 6.08. The monoisotopic (exact) mass is 330 g/mol. The highest BCUT2D eigenvalue weighted by atomic mass is 35.5. The van der Waals surface area contributed by atoms with Crippen LogP contribution in [0.5, 0.6) is 11.5 Å². The van der Waals surface area contributed by atoms with E-state index in [1.54, 1.807) is 6.07 Å². The van der Waals surface area contributed by atoms with E-state index in [0.717, 1.165) is 0 Å². The minimum atomic E-state index is -0.211. The third-order valence-corrected chi connectivity index (χ3v) is 3.98. The molecule has 3 rings (SSSR count). The Morgan fingerprint density at radius 3 is 2.48 bits per heavy atom. The summed E-state index contributed by atoms with van der Waals surface area (Å²) in [4.78, 5) is 12.9. The molecule has 118 valence electrons. The van der Waals surface area contributed by atoms with Crippen LogP contribution in [-0.4, -0.2) is 10.2 Å². The third-order valence-electron chi connectivity index (χ3n) is 3.66. The van der Waals surface area contributed by atoms with Gasteiger partial charge in [-0.2, -0.15) is 0 Å². The highest BCUT2D eigenvalue weighted by molar-refractivity contribution is 6.32. The molecule has 4 nitrogen and oxygen atoms in total. The molecule has 0 saturated heterocycles. The van der Waals surface area contributed by atoms with Crippen molar-refractivity contribution in [3.8, 4) is 22.6 Å². The lowest BCUT2D eigenvalue weighted by Gasteiger charge is -2.13. The predicted molar refractivity (Wildman–Crippen MR) is 90.3 cm³/mol. The third kappa shape index (κ3) is 2.66. The molecule has 0 radical (unpaired) electrons. The zero-order valence-corrected chi connectivity index (χ0v) is 13.4. The van der Waals surface area contributed by atoms with Crippen LogP contribution in [0.15, 0.2) is 45.6 Å². The standard InChI is InChI=1S/C18H15ClO4/c1-9(2)18-16(10-3-6-13(19)14(21)7-10)17(22)12-5-4-11(20)8-15(12)23-18/h3-9,20-21H,1-2H3. The van der Waals surface area contributed by atoms with Crippen molar-refractivity contribution in [1.29, 1.82) is 0 Å². The van der Waals surface area contributed by atoms with Gasteiger partial charge in [0.15, 0.2) is 0 Å². The summed E-state index contributed by atoms with van der Waals surface area (Å²) < 4.78 is 5.87.